The Morgan fingerprint density at radius 2 is 1.67 bits per heavy atom. The molecule has 0 amide bonds. The molecule has 0 spiro atoms. The van der Waals surface area contributed by atoms with Crippen LogP contribution in [0.2, 0.25) is 5.02 Å². The van der Waals surface area contributed by atoms with Gasteiger partial charge in [-0.05, 0) is 59.5 Å². The Balaban J connectivity index is 2.08. The van der Waals surface area contributed by atoms with Crippen LogP contribution in [0.5, 0.6) is 5.75 Å². The maximum absolute atomic E-state index is 13.2. The maximum Gasteiger partial charge on any atom is 0.416 e. The van der Waals surface area contributed by atoms with Gasteiger partial charge in [-0.15, -0.1) is 0 Å². The van der Waals surface area contributed by atoms with Crippen molar-refractivity contribution in [3.8, 4) is 16.9 Å². The van der Waals surface area contributed by atoms with Crippen molar-refractivity contribution in [3.63, 3.8) is 0 Å². The van der Waals surface area contributed by atoms with Crippen LogP contribution in [0.3, 0.4) is 0 Å². The van der Waals surface area contributed by atoms with E-state index in [9.17, 15) is 31.9 Å². The molecule has 0 radical (unpaired) electrons. The Bertz CT molecular complexity index is 1110. The van der Waals surface area contributed by atoms with Gasteiger partial charge in [0.1, 0.15) is 24.8 Å². The molecular formula is C24H18ClF5O3. The average Bonchev–Trinajstić information content (AvgIpc) is 2.76. The molecule has 0 saturated carbocycles. The summed E-state index contributed by atoms with van der Waals surface area (Å²) in [6.45, 7) is -1.17. The Morgan fingerprint density at radius 1 is 1.03 bits per heavy atom. The molecule has 0 heterocycles. The minimum Gasteiger partial charge on any atom is -0.489 e. The van der Waals surface area contributed by atoms with Crippen LogP contribution < -0.4 is 4.74 Å². The molecule has 0 aliphatic heterocycles. The summed E-state index contributed by atoms with van der Waals surface area (Å²) >= 11 is 6.33. The first-order valence-corrected chi connectivity index (χ1v) is 10.1. The van der Waals surface area contributed by atoms with Crippen LogP contribution in [-0.4, -0.2) is 24.4 Å². The van der Waals surface area contributed by atoms with Gasteiger partial charge in [0.2, 0.25) is 0 Å². The van der Waals surface area contributed by atoms with Gasteiger partial charge in [-0.3, -0.25) is 4.79 Å². The van der Waals surface area contributed by atoms with E-state index in [1.807, 2.05) is 0 Å². The minimum atomic E-state index is -4.53. The van der Waals surface area contributed by atoms with Crippen LogP contribution in [0.1, 0.15) is 22.6 Å². The number of hydrogen-bond acceptors (Lipinski definition) is 2. The van der Waals surface area contributed by atoms with E-state index in [4.69, 9.17) is 16.3 Å². The number of carbonyl (C=O) groups is 1. The molecule has 0 saturated heterocycles. The van der Waals surface area contributed by atoms with Crippen molar-refractivity contribution in [2.75, 3.05) is 13.3 Å². The largest absolute Gasteiger partial charge is 0.489 e. The second-order valence-corrected chi connectivity index (χ2v) is 7.62. The van der Waals surface area contributed by atoms with Gasteiger partial charge in [-0.1, -0.05) is 35.9 Å². The normalized spacial score (nSPS) is 12.4. The van der Waals surface area contributed by atoms with Gasteiger partial charge in [-0.2, -0.15) is 13.2 Å². The molecule has 3 aromatic carbocycles. The molecule has 33 heavy (non-hydrogen) atoms. The van der Waals surface area contributed by atoms with Crippen molar-refractivity contribution in [1.29, 1.82) is 0 Å². The lowest BCUT2D eigenvalue weighted by molar-refractivity contribution is -0.139. The monoisotopic (exact) mass is 484 g/mol. The lowest BCUT2D eigenvalue weighted by Crippen LogP contribution is -2.15. The predicted octanol–water partition coefficient (Wildman–Crippen LogP) is 6.92. The van der Waals surface area contributed by atoms with Gasteiger partial charge < -0.3 is 9.84 Å². The fourth-order valence-corrected chi connectivity index (χ4v) is 3.64. The van der Waals surface area contributed by atoms with Crippen molar-refractivity contribution < 1.29 is 36.6 Å². The van der Waals surface area contributed by atoms with Crippen LogP contribution in [0.15, 0.2) is 60.7 Å². The van der Waals surface area contributed by atoms with Crippen LogP contribution in [-0.2, 0) is 17.4 Å². The summed E-state index contributed by atoms with van der Waals surface area (Å²) in [5, 5.41) is 9.80. The summed E-state index contributed by atoms with van der Waals surface area (Å²) in [6, 6.07) is 12.3. The number of carboxylic acids is 1. The number of alkyl halides is 4. The Labute approximate surface area is 191 Å². The predicted molar refractivity (Wildman–Crippen MR) is 114 cm³/mol. The van der Waals surface area contributed by atoms with E-state index in [-0.39, 0.29) is 40.5 Å². The molecule has 1 unspecified atom stereocenters. The van der Waals surface area contributed by atoms with Crippen molar-refractivity contribution >= 4 is 17.6 Å². The van der Waals surface area contributed by atoms with E-state index < -0.39 is 36.1 Å². The van der Waals surface area contributed by atoms with Crippen LogP contribution in [0.25, 0.3) is 11.1 Å². The van der Waals surface area contributed by atoms with Gasteiger partial charge in [0.15, 0.2) is 0 Å². The highest BCUT2D eigenvalue weighted by Crippen LogP contribution is 2.41. The van der Waals surface area contributed by atoms with Gasteiger partial charge in [0, 0.05) is 5.56 Å². The van der Waals surface area contributed by atoms with E-state index in [1.165, 1.54) is 48.5 Å². The summed E-state index contributed by atoms with van der Waals surface area (Å²) in [7, 11) is 0. The number of hydrogen-bond donors (Lipinski definition) is 1. The third-order valence-electron chi connectivity index (χ3n) is 4.97. The SMILES string of the molecule is O=C(O)C(Cc1ccc(F)cc1)c1cc(Cl)c(OCCF)c(-c2ccc(C(F)(F)F)cc2)c1. The summed E-state index contributed by atoms with van der Waals surface area (Å²) in [5.41, 5.74) is 0.476. The zero-order valence-corrected chi connectivity index (χ0v) is 17.8. The standard InChI is InChI=1S/C24H18ClF5O3/c25-21-13-16(20(23(31)32)11-14-1-7-18(27)8-2-14)12-19(22(21)33-10-9-26)15-3-5-17(6-4-15)24(28,29)30/h1-8,12-13,20H,9-11H2,(H,31,32). The van der Waals surface area contributed by atoms with E-state index in [0.29, 0.717) is 5.56 Å². The topological polar surface area (TPSA) is 46.5 Å². The highest BCUT2D eigenvalue weighted by atomic mass is 35.5. The second-order valence-electron chi connectivity index (χ2n) is 7.21. The third kappa shape index (κ3) is 6.01. The van der Waals surface area contributed by atoms with Crippen molar-refractivity contribution in [2.24, 2.45) is 0 Å². The number of ether oxygens (including phenoxy) is 1. The molecule has 1 N–H and O–H groups in total. The quantitative estimate of drug-likeness (QED) is 0.353. The molecule has 174 valence electrons. The molecule has 3 nitrogen and oxygen atoms in total. The van der Waals surface area contributed by atoms with E-state index in [1.54, 1.807) is 0 Å². The van der Waals surface area contributed by atoms with Gasteiger partial charge in [0.25, 0.3) is 0 Å². The highest BCUT2D eigenvalue weighted by Gasteiger charge is 2.30. The zero-order valence-electron chi connectivity index (χ0n) is 17.0. The first kappa shape index (κ1) is 24.5. The van der Waals surface area contributed by atoms with Gasteiger partial charge in [0.05, 0.1) is 16.5 Å². The number of benzene rings is 3. The lowest BCUT2D eigenvalue weighted by atomic mass is 9.89. The average molecular weight is 485 g/mol. The molecule has 0 aliphatic rings. The molecule has 0 bridgehead atoms. The molecule has 0 fully saturated rings. The highest BCUT2D eigenvalue weighted by molar-refractivity contribution is 6.32. The van der Waals surface area contributed by atoms with E-state index in [2.05, 4.69) is 0 Å². The fraction of sp³-hybridized carbons (Fsp3) is 0.208. The summed E-state index contributed by atoms with van der Waals surface area (Å²) in [4.78, 5) is 12.0. The molecule has 0 aliphatic carbocycles. The molecule has 0 aromatic heterocycles. The minimum absolute atomic E-state index is 0.0128. The zero-order chi connectivity index (χ0) is 24.2. The Hall–Kier alpha value is -3.13. The van der Waals surface area contributed by atoms with E-state index >= 15 is 0 Å². The summed E-state index contributed by atoms with van der Waals surface area (Å²) in [5.74, 6) is -2.70. The second kappa shape index (κ2) is 10.2. The Kier molecular flexibility index (Phi) is 7.58. The van der Waals surface area contributed by atoms with Crippen molar-refractivity contribution in [3.05, 3.63) is 88.2 Å². The molecule has 3 rings (SSSR count). The number of aliphatic carboxylic acids is 1. The number of rotatable bonds is 8. The lowest BCUT2D eigenvalue weighted by Gasteiger charge is -2.19. The molecular weight excluding hydrogens is 467 g/mol. The maximum atomic E-state index is 13.2. The van der Waals surface area contributed by atoms with Crippen LogP contribution >= 0.6 is 11.6 Å². The van der Waals surface area contributed by atoms with Gasteiger partial charge >= 0.3 is 12.1 Å². The smallest absolute Gasteiger partial charge is 0.416 e. The van der Waals surface area contributed by atoms with Crippen molar-refractivity contribution in [1.82, 2.24) is 0 Å². The van der Waals surface area contributed by atoms with Crippen molar-refractivity contribution in [2.45, 2.75) is 18.5 Å². The van der Waals surface area contributed by atoms with E-state index in [0.717, 1.165) is 12.1 Å². The fourth-order valence-electron chi connectivity index (χ4n) is 3.36. The van der Waals surface area contributed by atoms with Crippen LogP contribution in [0.4, 0.5) is 22.0 Å². The first-order valence-electron chi connectivity index (χ1n) is 9.77. The number of halogens is 6. The first-order chi connectivity index (χ1) is 15.6. The molecule has 1 atom stereocenters. The number of carboxylic acid groups (broad SMARTS) is 1. The van der Waals surface area contributed by atoms with Crippen LogP contribution in [0, 0.1) is 5.82 Å². The molecule has 3 aromatic rings. The Morgan fingerprint density at radius 3 is 2.21 bits per heavy atom. The third-order valence-corrected chi connectivity index (χ3v) is 5.25. The summed E-state index contributed by atoms with van der Waals surface area (Å²) in [6.07, 6.45) is -4.52. The summed E-state index contributed by atoms with van der Waals surface area (Å²) < 4.78 is 70.1. The van der Waals surface area contributed by atoms with Gasteiger partial charge in [-0.25, -0.2) is 8.78 Å². The molecule has 9 heteroatoms.